The molecule has 0 atom stereocenters. The van der Waals surface area contributed by atoms with Crippen LogP contribution in [0.25, 0.3) is 6.08 Å². The molecule has 0 unspecified atom stereocenters. The summed E-state index contributed by atoms with van der Waals surface area (Å²) in [6.07, 6.45) is 4.85. The number of aliphatic carboxylic acids is 1. The predicted octanol–water partition coefficient (Wildman–Crippen LogP) is 1.20. The van der Waals surface area contributed by atoms with Gasteiger partial charge in [0.2, 0.25) is 0 Å². The van der Waals surface area contributed by atoms with E-state index in [1.54, 1.807) is 12.1 Å². The Morgan fingerprint density at radius 2 is 2.11 bits per heavy atom. The topological polar surface area (TPSA) is 62.5 Å². The zero-order valence-electron chi connectivity index (χ0n) is 9.87. The summed E-state index contributed by atoms with van der Waals surface area (Å²) in [7, 11) is 0. The van der Waals surface area contributed by atoms with Crippen LogP contribution in [0.3, 0.4) is 0 Å². The molecule has 1 aliphatic heterocycles. The van der Waals surface area contributed by atoms with Gasteiger partial charge in [-0.2, -0.15) is 0 Å². The molecule has 1 fully saturated rings. The number of nitrogens with zero attached hydrogens (tertiary/aromatic N) is 2. The van der Waals surface area contributed by atoms with E-state index in [4.69, 9.17) is 5.11 Å². The van der Waals surface area contributed by atoms with E-state index in [0.29, 0.717) is 11.7 Å². The van der Waals surface area contributed by atoms with Crippen LogP contribution < -0.4 is 0 Å². The van der Waals surface area contributed by atoms with Gasteiger partial charge in [-0.15, -0.1) is 0 Å². The predicted molar refractivity (Wildman–Crippen MR) is 65.2 cm³/mol. The van der Waals surface area contributed by atoms with Crippen LogP contribution in [0.1, 0.15) is 29.0 Å². The Labute approximate surface area is 104 Å². The molecule has 2 aliphatic rings. The van der Waals surface area contributed by atoms with Gasteiger partial charge in [0, 0.05) is 30.9 Å². The normalized spacial score (nSPS) is 19.3. The SMILES string of the molecule is O=C(O)/C=C/c1ccc2n1CCN(C1CC1)C2=O. The quantitative estimate of drug-likeness (QED) is 0.815. The van der Waals surface area contributed by atoms with Crippen molar-refractivity contribution in [2.45, 2.75) is 25.4 Å². The first-order chi connectivity index (χ1) is 8.66. The van der Waals surface area contributed by atoms with Crippen molar-refractivity contribution in [1.82, 2.24) is 9.47 Å². The Bertz CT molecular complexity index is 540. The zero-order chi connectivity index (χ0) is 12.7. The summed E-state index contributed by atoms with van der Waals surface area (Å²) < 4.78 is 1.89. The second kappa shape index (κ2) is 4.01. The summed E-state index contributed by atoms with van der Waals surface area (Å²) in [5.41, 5.74) is 1.44. The lowest BCUT2D eigenvalue weighted by molar-refractivity contribution is -0.131. The monoisotopic (exact) mass is 246 g/mol. The Balaban J connectivity index is 1.89. The molecule has 0 spiro atoms. The highest BCUT2D eigenvalue weighted by atomic mass is 16.4. The summed E-state index contributed by atoms with van der Waals surface area (Å²) in [4.78, 5) is 24.7. The van der Waals surface area contributed by atoms with Crippen molar-refractivity contribution in [3.8, 4) is 0 Å². The first kappa shape index (κ1) is 11.1. The maximum absolute atomic E-state index is 12.2. The molecule has 1 aromatic heterocycles. The molecule has 5 heteroatoms. The first-order valence-electron chi connectivity index (χ1n) is 6.08. The molecule has 2 heterocycles. The molecule has 5 nitrogen and oxygen atoms in total. The lowest BCUT2D eigenvalue weighted by Gasteiger charge is -2.29. The summed E-state index contributed by atoms with van der Waals surface area (Å²) in [6, 6.07) is 4.00. The van der Waals surface area contributed by atoms with Gasteiger partial charge in [0.15, 0.2) is 0 Å². The number of fused-ring (bicyclic) bond motifs is 1. The van der Waals surface area contributed by atoms with Gasteiger partial charge in [0.25, 0.3) is 5.91 Å². The van der Waals surface area contributed by atoms with Gasteiger partial charge < -0.3 is 14.6 Å². The number of amides is 1. The molecule has 18 heavy (non-hydrogen) atoms. The minimum Gasteiger partial charge on any atom is -0.478 e. The molecule has 0 saturated heterocycles. The van der Waals surface area contributed by atoms with Gasteiger partial charge in [-0.25, -0.2) is 4.79 Å². The third-order valence-electron chi connectivity index (χ3n) is 3.44. The number of rotatable bonds is 3. The Hall–Kier alpha value is -2.04. The minimum absolute atomic E-state index is 0.0683. The molecule has 1 aromatic rings. The van der Waals surface area contributed by atoms with Crippen LogP contribution >= 0.6 is 0 Å². The average molecular weight is 246 g/mol. The number of aromatic nitrogens is 1. The van der Waals surface area contributed by atoms with Crippen molar-refractivity contribution in [2.75, 3.05) is 6.54 Å². The van der Waals surface area contributed by atoms with Crippen molar-refractivity contribution in [3.05, 3.63) is 29.6 Å². The standard InChI is InChI=1S/C13H14N2O3/c16-12(17)6-4-9-3-5-11-13(18)15(10-1-2-10)8-7-14(9)11/h3-6,10H,1-2,7-8H2,(H,16,17)/b6-4+. The van der Waals surface area contributed by atoms with Crippen molar-refractivity contribution in [3.63, 3.8) is 0 Å². The van der Waals surface area contributed by atoms with Gasteiger partial charge in [0.05, 0.1) is 0 Å². The van der Waals surface area contributed by atoms with Crippen LogP contribution in [0.15, 0.2) is 18.2 Å². The Morgan fingerprint density at radius 1 is 1.33 bits per heavy atom. The van der Waals surface area contributed by atoms with E-state index in [-0.39, 0.29) is 5.91 Å². The molecule has 3 rings (SSSR count). The van der Waals surface area contributed by atoms with E-state index in [2.05, 4.69) is 0 Å². The van der Waals surface area contributed by atoms with Crippen LogP contribution in [0.4, 0.5) is 0 Å². The number of carboxylic acid groups (broad SMARTS) is 1. The zero-order valence-corrected chi connectivity index (χ0v) is 9.87. The number of hydrogen-bond acceptors (Lipinski definition) is 2. The van der Waals surface area contributed by atoms with Gasteiger partial charge in [-0.3, -0.25) is 4.79 Å². The van der Waals surface area contributed by atoms with Crippen molar-refractivity contribution >= 4 is 18.0 Å². The molecule has 1 amide bonds. The van der Waals surface area contributed by atoms with E-state index < -0.39 is 5.97 Å². The van der Waals surface area contributed by atoms with Crippen molar-refractivity contribution in [1.29, 1.82) is 0 Å². The summed E-state index contributed by atoms with van der Waals surface area (Å²) in [6.45, 7) is 1.46. The van der Waals surface area contributed by atoms with Crippen LogP contribution in [0.5, 0.6) is 0 Å². The number of carboxylic acids is 1. The Morgan fingerprint density at radius 3 is 2.78 bits per heavy atom. The first-order valence-corrected chi connectivity index (χ1v) is 6.08. The number of carbonyl (C=O) groups is 2. The van der Waals surface area contributed by atoms with Crippen molar-refractivity contribution in [2.24, 2.45) is 0 Å². The van der Waals surface area contributed by atoms with Gasteiger partial charge in [0.1, 0.15) is 5.69 Å². The number of hydrogen-bond donors (Lipinski definition) is 1. The summed E-state index contributed by atoms with van der Waals surface area (Å²) in [5.74, 6) is -0.911. The maximum atomic E-state index is 12.2. The molecule has 0 bridgehead atoms. The van der Waals surface area contributed by atoms with Crippen LogP contribution in [0, 0.1) is 0 Å². The van der Waals surface area contributed by atoms with Gasteiger partial charge in [-0.1, -0.05) is 0 Å². The maximum Gasteiger partial charge on any atom is 0.328 e. The largest absolute Gasteiger partial charge is 0.478 e. The highest BCUT2D eigenvalue weighted by Crippen LogP contribution is 2.30. The summed E-state index contributed by atoms with van der Waals surface area (Å²) in [5, 5.41) is 8.62. The molecule has 1 saturated carbocycles. The van der Waals surface area contributed by atoms with E-state index in [1.807, 2.05) is 9.47 Å². The number of carbonyl (C=O) groups excluding carboxylic acids is 1. The molecular formula is C13H14N2O3. The molecule has 1 N–H and O–H groups in total. The molecule has 94 valence electrons. The molecule has 1 aliphatic carbocycles. The molecule has 0 radical (unpaired) electrons. The fourth-order valence-electron chi connectivity index (χ4n) is 2.41. The smallest absolute Gasteiger partial charge is 0.328 e. The van der Waals surface area contributed by atoms with Crippen LogP contribution in [-0.4, -0.2) is 39.0 Å². The fourth-order valence-corrected chi connectivity index (χ4v) is 2.41. The fraction of sp³-hybridized carbons (Fsp3) is 0.385. The third-order valence-corrected chi connectivity index (χ3v) is 3.44. The highest BCUT2D eigenvalue weighted by Gasteiger charge is 2.36. The lowest BCUT2D eigenvalue weighted by Crippen LogP contribution is -2.41. The van der Waals surface area contributed by atoms with Gasteiger partial charge in [-0.05, 0) is 31.1 Å². The second-order valence-corrected chi connectivity index (χ2v) is 4.70. The minimum atomic E-state index is -0.979. The second-order valence-electron chi connectivity index (χ2n) is 4.70. The van der Waals surface area contributed by atoms with Crippen LogP contribution in [-0.2, 0) is 11.3 Å². The van der Waals surface area contributed by atoms with E-state index in [9.17, 15) is 9.59 Å². The Kier molecular flexibility index (Phi) is 2.47. The van der Waals surface area contributed by atoms with E-state index >= 15 is 0 Å². The average Bonchev–Trinajstić information content (AvgIpc) is 3.07. The highest BCUT2D eigenvalue weighted by molar-refractivity contribution is 5.94. The van der Waals surface area contributed by atoms with E-state index in [0.717, 1.165) is 37.7 Å². The van der Waals surface area contributed by atoms with Gasteiger partial charge >= 0.3 is 5.97 Å². The van der Waals surface area contributed by atoms with Crippen LogP contribution in [0.2, 0.25) is 0 Å². The lowest BCUT2D eigenvalue weighted by atomic mass is 10.3. The van der Waals surface area contributed by atoms with Crippen molar-refractivity contribution < 1.29 is 14.7 Å². The summed E-state index contributed by atoms with van der Waals surface area (Å²) >= 11 is 0. The van der Waals surface area contributed by atoms with E-state index in [1.165, 1.54) is 6.08 Å². The third kappa shape index (κ3) is 1.81. The molecular weight excluding hydrogens is 232 g/mol. The molecule has 0 aromatic carbocycles.